The van der Waals surface area contributed by atoms with E-state index in [1.807, 2.05) is 0 Å². The van der Waals surface area contributed by atoms with Crippen molar-refractivity contribution in [3.8, 4) is 11.7 Å². The molecule has 0 saturated heterocycles. The average molecular weight is 296 g/mol. The zero-order chi connectivity index (χ0) is 15.4. The zero-order valence-electron chi connectivity index (χ0n) is 11.7. The highest BCUT2D eigenvalue weighted by molar-refractivity contribution is 6.05. The molecule has 22 heavy (non-hydrogen) atoms. The van der Waals surface area contributed by atoms with Crippen LogP contribution in [0, 0.1) is 0 Å². The van der Waals surface area contributed by atoms with E-state index in [1.54, 1.807) is 47.7 Å². The lowest BCUT2D eigenvalue weighted by Gasteiger charge is -2.08. The van der Waals surface area contributed by atoms with Crippen LogP contribution in [0.5, 0.6) is 5.88 Å². The fourth-order valence-corrected chi connectivity index (χ4v) is 1.86. The van der Waals surface area contributed by atoms with Crippen molar-refractivity contribution in [2.75, 3.05) is 12.4 Å². The maximum absolute atomic E-state index is 12.3. The molecule has 0 aromatic carbocycles. The number of hydrogen-bond acceptors (Lipinski definition) is 6. The number of ether oxygens (including phenoxy) is 1. The Hall–Kier alpha value is -3.29. The number of amides is 1. The minimum Gasteiger partial charge on any atom is -0.480 e. The van der Waals surface area contributed by atoms with Gasteiger partial charge in [0, 0.05) is 24.7 Å². The Labute approximate surface area is 125 Å². The molecule has 1 amide bonds. The predicted octanol–water partition coefficient (Wildman–Crippen LogP) is 1.32. The highest BCUT2D eigenvalue weighted by atomic mass is 16.5. The summed E-state index contributed by atoms with van der Waals surface area (Å²) in [5.74, 6) is 0.861. The van der Waals surface area contributed by atoms with Crippen LogP contribution in [0.15, 0.2) is 49.4 Å². The number of nitrogens with zero attached hydrogens (tertiary/aromatic N) is 5. The van der Waals surface area contributed by atoms with E-state index >= 15 is 0 Å². The van der Waals surface area contributed by atoms with E-state index in [4.69, 9.17) is 4.74 Å². The van der Waals surface area contributed by atoms with Crippen LogP contribution < -0.4 is 10.1 Å². The summed E-state index contributed by atoms with van der Waals surface area (Å²) in [5.41, 5.74) is 0.327. The van der Waals surface area contributed by atoms with Gasteiger partial charge in [-0.05, 0) is 12.1 Å². The third-order valence-corrected chi connectivity index (χ3v) is 2.87. The lowest BCUT2D eigenvalue weighted by atomic mass is 10.2. The molecule has 3 heterocycles. The predicted molar refractivity (Wildman–Crippen MR) is 77.9 cm³/mol. The number of imidazole rings is 1. The van der Waals surface area contributed by atoms with Crippen molar-refractivity contribution in [2.24, 2.45) is 0 Å². The lowest BCUT2D eigenvalue weighted by Crippen LogP contribution is -2.15. The first-order valence-electron chi connectivity index (χ1n) is 6.38. The lowest BCUT2D eigenvalue weighted by molar-refractivity contribution is 0.102. The van der Waals surface area contributed by atoms with E-state index in [0.717, 1.165) is 0 Å². The first kappa shape index (κ1) is 13.7. The molecule has 8 heteroatoms. The van der Waals surface area contributed by atoms with Crippen molar-refractivity contribution in [3.63, 3.8) is 0 Å². The smallest absolute Gasteiger partial charge is 0.262 e. The Bertz CT molecular complexity index is 788. The van der Waals surface area contributed by atoms with Gasteiger partial charge in [-0.1, -0.05) is 0 Å². The molecule has 3 aromatic rings. The molecule has 0 aliphatic heterocycles. The third-order valence-electron chi connectivity index (χ3n) is 2.87. The molecule has 0 aliphatic rings. The summed E-state index contributed by atoms with van der Waals surface area (Å²) < 4.78 is 6.78. The zero-order valence-corrected chi connectivity index (χ0v) is 11.7. The van der Waals surface area contributed by atoms with E-state index in [1.165, 1.54) is 13.4 Å². The second kappa shape index (κ2) is 6.00. The van der Waals surface area contributed by atoms with Crippen molar-refractivity contribution in [2.45, 2.75) is 0 Å². The number of carbonyl (C=O) groups is 1. The summed E-state index contributed by atoms with van der Waals surface area (Å²) in [6.07, 6.45) is 7.92. The third kappa shape index (κ3) is 2.75. The van der Waals surface area contributed by atoms with Crippen LogP contribution in [0.3, 0.4) is 0 Å². The van der Waals surface area contributed by atoms with E-state index in [-0.39, 0.29) is 11.8 Å². The highest BCUT2D eigenvalue weighted by Gasteiger charge is 2.14. The van der Waals surface area contributed by atoms with Crippen molar-refractivity contribution in [3.05, 3.63) is 55.0 Å². The van der Waals surface area contributed by atoms with Crippen LogP contribution in [0.25, 0.3) is 5.82 Å². The van der Waals surface area contributed by atoms with E-state index in [0.29, 0.717) is 17.2 Å². The van der Waals surface area contributed by atoms with Gasteiger partial charge in [0.25, 0.3) is 5.91 Å². The van der Waals surface area contributed by atoms with Gasteiger partial charge >= 0.3 is 0 Å². The van der Waals surface area contributed by atoms with E-state index in [9.17, 15) is 4.79 Å². The van der Waals surface area contributed by atoms with Crippen LogP contribution in [0.2, 0.25) is 0 Å². The quantitative estimate of drug-likeness (QED) is 0.780. The van der Waals surface area contributed by atoms with Gasteiger partial charge in [-0.25, -0.2) is 19.9 Å². The Kier molecular flexibility index (Phi) is 3.73. The summed E-state index contributed by atoms with van der Waals surface area (Å²) >= 11 is 0. The molecule has 0 bridgehead atoms. The first-order valence-corrected chi connectivity index (χ1v) is 6.38. The van der Waals surface area contributed by atoms with E-state index < -0.39 is 0 Å². The molecular weight excluding hydrogens is 284 g/mol. The minimum atomic E-state index is -0.361. The highest BCUT2D eigenvalue weighted by Crippen LogP contribution is 2.16. The monoisotopic (exact) mass is 296 g/mol. The Morgan fingerprint density at radius 2 is 2.18 bits per heavy atom. The molecule has 110 valence electrons. The topological polar surface area (TPSA) is 94.8 Å². The van der Waals surface area contributed by atoms with Gasteiger partial charge in [-0.2, -0.15) is 0 Å². The number of pyridine rings is 1. The molecule has 3 aromatic heterocycles. The van der Waals surface area contributed by atoms with Gasteiger partial charge in [0.1, 0.15) is 29.9 Å². The Morgan fingerprint density at radius 1 is 1.27 bits per heavy atom. The van der Waals surface area contributed by atoms with Gasteiger partial charge in [-0.3, -0.25) is 9.36 Å². The number of rotatable bonds is 4. The number of anilines is 1. The molecule has 0 spiro atoms. The summed E-state index contributed by atoms with van der Waals surface area (Å²) in [5, 5.41) is 2.69. The first-order chi connectivity index (χ1) is 10.8. The number of hydrogen-bond donors (Lipinski definition) is 1. The van der Waals surface area contributed by atoms with Crippen molar-refractivity contribution in [1.29, 1.82) is 0 Å². The maximum atomic E-state index is 12.3. The molecule has 0 atom stereocenters. The minimum absolute atomic E-state index is 0.254. The molecule has 0 fully saturated rings. The number of carbonyl (C=O) groups excluding carboxylic acids is 1. The molecule has 3 rings (SSSR count). The second-order valence-electron chi connectivity index (χ2n) is 4.25. The average Bonchev–Trinajstić information content (AvgIpc) is 3.09. The molecule has 8 nitrogen and oxygen atoms in total. The largest absolute Gasteiger partial charge is 0.480 e. The van der Waals surface area contributed by atoms with Crippen LogP contribution in [-0.2, 0) is 0 Å². The van der Waals surface area contributed by atoms with Crippen molar-refractivity contribution >= 4 is 11.7 Å². The summed E-state index contributed by atoms with van der Waals surface area (Å²) in [6.45, 7) is 0. The van der Waals surface area contributed by atoms with Crippen LogP contribution in [0.4, 0.5) is 5.82 Å². The Morgan fingerprint density at radius 3 is 2.95 bits per heavy atom. The number of aromatic nitrogens is 5. The molecule has 0 radical (unpaired) electrons. The summed E-state index contributed by atoms with van der Waals surface area (Å²) in [7, 11) is 1.46. The van der Waals surface area contributed by atoms with Crippen LogP contribution >= 0.6 is 0 Å². The SMILES string of the molecule is COc1ncccc1C(=O)Nc1cc(-n2ccnc2)ncn1. The molecular formula is C14H12N6O2. The summed E-state index contributed by atoms with van der Waals surface area (Å²) in [4.78, 5) is 28.4. The van der Waals surface area contributed by atoms with Crippen molar-refractivity contribution in [1.82, 2.24) is 24.5 Å². The van der Waals surface area contributed by atoms with Crippen molar-refractivity contribution < 1.29 is 9.53 Å². The fourth-order valence-electron chi connectivity index (χ4n) is 1.86. The van der Waals surface area contributed by atoms with E-state index in [2.05, 4.69) is 25.3 Å². The van der Waals surface area contributed by atoms with Gasteiger partial charge in [-0.15, -0.1) is 0 Å². The number of methoxy groups -OCH3 is 1. The van der Waals surface area contributed by atoms with Crippen LogP contribution in [0.1, 0.15) is 10.4 Å². The molecule has 0 aliphatic carbocycles. The Balaban J connectivity index is 1.84. The van der Waals surface area contributed by atoms with Gasteiger partial charge in [0.15, 0.2) is 0 Å². The normalized spacial score (nSPS) is 10.2. The van der Waals surface area contributed by atoms with Gasteiger partial charge in [0.05, 0.1) is 7.11 Å². The maximum Gasteiger partial charge on any atom is 0.262 e. The van der Waals surface area contributed by atoms with Gasteiger partial charge < -0.3 is 10.1 Å². The molecule has 0 unspecified atom stereocenters. The fraction of sp³-hybridized carbons (Fsp3) is 0.0714. The van der Waals surface area contributed by atoms with Gasteiger partial charge in [0.2, 0.25) is 5.88 Å². The summed E-state index contributed by atoms with van der Waals surface area (Å²) in [6, 6.07) is 4.93. The number of nitrogens with one attached hydrogen (secondary N) is 1. The molecule has 1 N–H and O–H groups in total. The second-order valence-corrected chi connectivity index (χ2v) is 4.25. The molecule has 0 saturated carbocycles. The standard InChI is InChI=1S/C14H12N6O2/c1-22-14-10(3-2-4-16-14)13(21)19-11-7-12(18-8-17-11)20-6-5-15-9-20/h2-9H,1H3,(H,17,18,19,21). The van der Waals surface area contributed by atoms with Crippen LogP contribution in [-0.4, -0.2) is 37.5 Å².